The van der Waals surface area contributed by atoms with E-state index in [4.69, 9.17) is 11.5 Å². The maximum absolute atomic E-state index is 10.7. The summed E-state index contributed by atoms with van der Waals surface area (Å²) < 4.78 is 0. The summed E-state index contributed by atoms with van der Waals surface area (Å²) in [6.45, 7) is 2.00. The van der Waals surface area contributed by atoms with Crippen LogP contribution in [0.2, 0.25) is 0 Å². The Morgan fingerprint density at radius 2 is 2.00 bits per heavy atom. The normalized spacial score (nSPS) is 43.3. The Hall–Kier alpha value is -1.17. The van der Waals surface area contributed by atoms with Crippen molar-refractivity contribution in [2.75, 3.05) is 0 Å². The maximum Gasteiger partial charge on any atom is 0.405 e. The zero-order valence-electron chi connectivity index (χ0n) is 8.99. The zero-order chi connectivity index (χ0) is 11.1. The maximum atomic E-state index is 10.7. The molecular weight excluding hydrogens is 190 g/mol. The number of rotatable bonds is 1. The summed E-state index contributed by atoms with van der Waals surface area (Å²) in [4.78, 5) is 10.7. The third-order valence-corrected chi connectivity index (χ3v) is 3.91. The van der Waals surface area contributed by atoms with Gasteiger partial charge in [-0.2, -0.15) is 0 Å². The van der Waals surface area contributed by atoms with Crippen molar-refractivity contribution in [2.24, 2.45) is 17.8 Å². The smallest absolute Gasteiger partial charge is 0.405 e. The van der Waals surface area contributed by atoms with Gasteiger partial charge in [0.2, 0.25) is 0 Å². The fourth-order valence-corrected chi connectivity index (χ4v) is 3.45. The number of carbonyl (C=O) groups is 1. The summed E-state index contributed by atoms with van der Waals surface area (Å²) in [5.41, 5.74) is -0.221. The molecule has 0 aromatic carbocycles. The van der Waals surface area contributed by atoms with Crippen LogP contribution in [0.4, 0.5) is 4.79 Å². The quantitative estimate of drug-likeness (QED) is 0.647. The second-order valence-electron chi connectivity index (χ2n) is 5.25. The van der Waals surface area contributed by atoms with E-state index < -0.39 is 6.09 Å². The van der Waals surface area contributed by atoms with Gasteiger partial charge in [0.05, 0.1) is 0 Å². The van der Waals surface area contributed by atoms with E-state index in [2.05, 4.69) is 11.2 Å². The number of nitrogens with one attached hydrogen (secondary N) is 1. The van der Waals surface area contributed by atoms with E-state index >= 15 is 0 Å². The molecule has 1 amide bonds. The van der Waals surface area contributed by atoms with Crippen LogP contribution in [0.1, 0.15) is 32.6 Å². The van der Waals surface area contributed by atoms with Gasteiger partial charge in [-0.05, 0) is 44.4 Å². The van der Waals surface area contributed by atoms with Crippen molar-refractivity contribution in [3.63, 3.8) is 0 Å². The first-order valence-corrected chi connectivity index (χ1v) is 5.50. The molecule has 0 heterocycles. The first-order chi connectivity index (χ1) is 7.02. The molecule has 2 N–H and O–H groups in total. The van der Waals surface area contributed by atoms with E-state index in [0.29, 0.717) is 17.8 Å². The summed E-state index contributed by atoms with van der Waals surface area (Å²) >= 11 is 0. The summed E-state index contributed by atoms with van der Waals surface area (Å²) in [7, 11) is 0. The Morgan fingerprint density at radius 1 is 1.47 bits per heavy atom. The van der Waals surface area contributed by atoms with Crippen LogP contribution in [0.5, 0.6) is 0 Å². The van der Waals surface area contributed by atoms with Crippen molar-refractivity contribution in [1.82, 2.24) is 5.32 Å². The molecular formula is C12H17NO2. The van der Waals surface area contributed by atoms with Gasteiger partial charge in [0, 0.05) is 11.5 Å². The molecule has 4 atom stereocenters. The van der Waals surface area contributed by atoms with Gasteiger partial charge in [0.25, 0.3) is 0 Å². The van der Waals surface area contributed by atoms with E-state index in [1.54, 1.807) is 0 Å². The van der Waals surface area contributed by atoms with Crippen LogP contribution in [0, 0.1) is 30.1 Å². The third-order valence-electron chi connectivity index (χ3n) is 3.91. The van der Waals surface area contributed by atoms with E-state index in [0.717, 1.165) is 25.7 Å². The molecule has 3 heteroatoms. The molecule has 0 aromatic heterocycles. The highest BCUT2D eigenvalue weighted by molar-refractivity contribution is 5.65. The van der Waals surface area contributed by atoms with Gasteiger partial charge in [0.1, 0.15) is 0 Å². The van der Waals surface area contributed by atoms with Crippen molar-refractivity contribution in [3.05, 3.63) is 0 Å². The molecule has 2 rings (SSSR count). The van der Waals surface area contributed by atoms with E-state index in [9.17, 15) is 4.79 Å². The predicted molar refractivity (Wildman–Crippen MR) is 57.3 cm³/mol. The van der Waals surface area contributed by atoms with Crippen molar-refractivity contribution >= 4 is 6.09 Å². The van der Waals surface area contributed by atoms with Crippen LogP contribution in [-0.2, 0) is 0 Å². The van der Waals surface area contributed by atoms with Crippen LogP contribution >= 0.6 is 0 Å². The molecule has 0 spiro atoms. The zero-order valence-corrected chi connectivity index (χ0v) is 8.99. The van der Waals surface area contributed by atoms with Crippen LogP contribution < -0.4 is 5.32 Å². The van der Waals surface area contributed by atoms with Crippen LogP contribution in [0.15, 0.2) is 0 Å². The van der Waals surface area contributed by atoms with Gasteiger partial charge in [0.15, 0.2) is 0 Å². The van der Waals surface area contributed by atoms with E-state index in [1.807, 2.05) is 6.92 Å². The lowest BCUT2D eigenvalue weighted by Gasteiger charge is -2.25. The van der Waals surface area contributed by atoms with Crippen LogP contribution in [0.3, 0.4) is 0 Å². The SMILES string of the molecule is C#CC1C[C@@H]2CC(C)(NC(=O)O)C[C@@H]2C1. The molecule has 0 aliphatic heterocycles. The Labute approximate surface area is 90.2 Å². The minimum absolute atomic E-state index is 0.221. The van der Waals surface area contributed by atoms with E-state index in [1.165, 1.54) is 0 Å². The minimum Gasteiger partial charge on any atom is -0.465 e. The van der Waals surface area contributed by atoms with Gasteiger partial charge in [-0.3, -0.25) is 0 Å². The second kappa shape index (κ2) is 3.44. The Balaban J connectivity index is 1.99. The van der Waals surface area contributed by atoms with Crippen LogP contribution in [-0.4, -0.2) is 16.7 Å². The van der Waals surface area contributed by atoms with Crippen molar-refractivity contribution < 1.29 is 9.90 Å². The highest BCUT2D eigenvalue weighted by Crippen LogP contribution is 2.50. The van der Waals surface area contributed by atoms with Gasteiger partial charge in [-0.1, -0.05) is 0 Å². The molecule has 0 bridgehead atoms. The summed E-state index contributed by atoms with van der Waals surface area (Å²) in [5, 5.41) is 11.4. The first-order valence-electron chi connectivity index (χ1n) is 5.50. The Kier molecular flexibility index (Phi) is 2.38. The van der Waals surface area contributed by atoms with Crippen molar-refractivity contribution in [3.8, 4) is 12.3 Å². The average molecular weight is 207 g/mol. The number of fused-ring (bicyclic) bond motifs is 1. The molecule has 2 fully saturated rings. The van der Waals surface area contributed by atoms with Crippen molar-refractivity contribution in [1.29, 1.82) is 0 Å². The number of terminal acetylenes is 1. The molecule has 2 aliphatic rings. The monoisotopic (exact) mass is 207 g/mol. The molecule has 2 unspecified atom stereocenters. The standard InChI is InChI=1S/C12H17NO2/c1-3-8-4-9-6-12(2,13-11(14)15)7-10(9)5-8/h1,8-10,13H,4-7H2,2H3,(H,14,15)/t8?,9-,10+,12?. The molecule has 82 valence electrons. The van der Waals surface area contributed by atoms with Gasteiger partial charge < -0.3 is 10.4 Å². The fourth-order valence-electron chi connectivity index (χ4n) is 3.45. The number of amides is 1. The lowest BCUT2D eigenvalue weighted by molar-refractivity contribution is 0.178. The topological polar surface area (TPSA) is 49.3 Å². The van der Waals surface area contributed by atoms with Crippen molar-refractivity contribution in [2.45, 2.75) is 38.1 Å². The molecule has 2 saturated carbocycles. The number of hydrogen-bond acceptors (Lipinski definition) is 1. The molecule has 3 nitrogen and oxygen atoms in total. The summed E-state index contributed by atoms with van der Waals surface area (Å²) in [6, 6.07) is 0. The Morgan fingerprint density at radius 3 is 2.40 bits per heavy atom. The second-order valence-corrected chi connectivity index (χ2v) is 5.25. The predicted octanol–water partition coefficient (Wildman–Crippen LogP) is 2.08. The lowest BCUT2D eigenvalue weighted by Crippen LogP contribution is -2.43. The minimum atomic E-state index is -0.911. The molecule has 0 saturated heterocycles. The van der Waals surface area contributed by atoms with E-state index in [-0.39, 0.29) is 5.54 Å². The summed E-state index contributed by atoms with van der Waals surface area (Å²) in [5.74, 6) is 4.50. The molecule has 0 aromatic rings. The number of carboxylic acid groups (broad SMARTS) is 1. The Bertz CT molecular complexity index is 304. The number of hydrogen-bond donors (Lipinski definition) is 2. The fraction of sp³-hybridized carbons (Fsp3) is 0.750. The lowest BCUT2D eigenvalue weighted by atomic mass is 9.94. The van der Waals surface area contributed by atoms with Gasteiger partial charge >= 0.3 is 6.09 Å². The highest BCUT2D eigenvalue weighted by Gasteiger charge is 2.47. The molecule has 0 radical (unpaired) electrons. The van der Waals surface area contributed by atoms with Gasteiger partial charge in [-0.15, -0.1) is 12.3 Å². The van der Waals surface area contributed by atoms with Crippen LogP contribution in [0.25, 0.3) is 0 Å². The largest absolute Gasteiger partial charge is 0.465 e. The summed E-state index contributed by atoms with van der Waals surface area (Å²) in [6.07, 6.45) is 8.57. The molecule has 15 heavy (non-hydrogen) atoms. The first kappa shape index (κ1) is 10.4. The average Bonchev–Trinajstić information content (AvgIpc) is 2.56. The highest BCUT2D eigenvalue weighted by atomic mass is 16.4. The van der Waals surface area contributed by atoms with Gasteiger partial charge in [-0.25, -0.2) is 4.79 Å². The third kappa shape index (κ3) is 1.94. The molecule has 2 aliphatic carbocycles.